The number of hydrogen-bond acceptors (Lipinski definition) is 0. The van der Waals surface area contributed by atoms with Crippen LogP contribution in [0.1, 0.15) is 0 Å². The molecule has 0 aliphatic rings. The zero-order valence-corrected chi connectivity index (χ0v) is 13.6. The van der Waals surface area contributed by atoms with Gasteiger partial charge in [-0.2, -0.15) is 0 Å². The van der Waals surface area contributed by atoms with Gasteiger partial charge in [-0.1, -0.05) is 91.0 Å². The van der Waals surface area contributed by atoms with Gasteiger partial charge in [0.15, 0.2) is 0 Å². The monoisotopic (exact) mass is 368 g/mol. The van der Waals surface area contributed by atoms with Crippen LogP contribution in [0.5, 0.6) is 0 Å². The van der Waals surface area contributed by atoms with Crippen LogP contribution in [0.25, 0.3) is 0 Å². The van der Waals surface area contributed by atoms with Gasteiger partial charge >= 0.3 is 0 Å². The number of rotatable bonds is 0. The molecule has 0 aliphatic heterocycles. The molecule has 1 nitrogen and oxygen atoms in total. The van der Waals surface area contributed by atoms with E-state index in [1.54, 1.807) is 0 Å². The molecule has 0 spiro atoms. The van der Waals surface area contributed by atoms with Crippen molar-refractivity contribution in [1.29, 1.82) is 0 Å². The van der Waals surface area contributed by atoms with Gasteiger partial charge in [0.05, 0.1) is 0 Å². The third-order valence-electron chi connectivity index (χ3n) is 1.82. The summed E-state index contributed by atoms with van der Waals surface area (Å²) < 4.78 is 0. The van der Waals surface area contributed by atoms with Crippen molar-refractivity contribution < 1.29 is 5.48 Å². The van der Waals surface area contributed by atoms with E-state index in [0.717, 1.165) is 0 Å². The minimum absolute atomic E-state index is 0. The fraction of sp³-hybridized carbons (Fsp3) is 0. The van der Waals surface area contributed by atoms with Crippen LogP contribution in [0.15, 0.2) is 91.0 Å². The molecule has 0 fully saturated rings. The van der Waals surface area contributed by atoms with Crippen molar-refractivity contribution in [3.05, 3.63) is 109 Å². The topological polar surface area (TPSA) is 28.5 Å². The first kappa shape index (κ1) is 20.7. The van der Waals surface area contributed by atoms with Gasteiger partial charge in [0.2, 0.25) is 0 Å². The molecular formula is C18H15OSb-2. The van der Waals surface area contributed by atoms with Gasteiger partial charge in [0, 0.05) is 24.4 Å². The van der Waals surface area contributed by atoms with Crippen molar-refractivity contribution in [2.75, 3.05) is 0 Å². The number of benzene rings is 3. The average molecular weight is 369 g/mol. The second-order valence-electron chi connectivity index (χ2n) is 3.23. The van der Waals surface area contributed by atoms with E-state index in [1.807, 2.05) is 91.0 Å². The van der Waals surface area contributed by atoms with E-state index < -0.39 is 0 Å². The summed E-state index contributed by atoms with van der Waals surface area (Å²) in [5.41, 5.74) is 0. The summed E-state index contributed by atoms with van der Waals surface area (Å²) in [6.45, 7) is 0. The molecule has 0 atom stereocenters. The van der Waals surface area contributed by atoms with E-state index in [2.05, 4.69) is 18.2 Å². The Morgan fingerprint density at radius 2 is 0.550 bits per heavy atom. The van der Waals surface area contributed by atoms with Crippen LogP contribution in [0, 0.1) is 18.2 Å². The van der Waals surface area contributed by atoms with Gasteiger partial charge < -0.3 is 5.48 Å². The molecule has 0 aromatic heterocycles. The zero-order valence-electron chi connectivity index (χ0n) is 11.0. The molecule has 0 amide bonds. The summed E-state index contributed by atoms with van der Waals surface area (Å²) in [5.74, 6) is 0. The molecule has 0 saturated heterocycles. The van der Waals surface area contributed by atoms with Crippen LogP contribution in [0.2, 0.25) is 0 Å². The van der Waals surface area contributed by atoms with Crippen molar-refractivity contribution in [3.63, 3.8) is 0 Å². The quantitative estimate of drug-likeness (QED) is 0.537. The summed E-state index contributed by atoms with van der Waals surface area (Å²) in [7, 11) is 0. The van der Waals surface area contributed by atoms with Crippen LogP contribution >= 0.6 is 0 Å². The summed E-state index contributed by atoms with van der Waals surface area (Å²) in [6.07, 6.45) is 0. The SMILES string of the molecule is [O-2].[Sb].[c]1ccccc1.[c]1ccccc1.[c]1ccccc1. The van der Waals surface area contributed by atoms with Crippen LogP contribution in [0.3, 0.4) is 0 Å². The molecule has 3 aromatic rings. The minimum atomic E-state index is 0. The maximum Gasteiger partial charge on any atom is 0 e. The maximum absolute atomic E-state index is 2.89. The molecule has 0 unspecified atom stereocenters. The van der Waals surface area contributed by atoms with E-state index in [9.17, 15) is 0 Å². The molecule has 0 aliphatic carbocycles. The van der Waals surface area contributed by atoms with Gasteiger partial charge in [-0.05, 0) is 18.2 Å². The summed E-state index contributed by atoms with van der Waals surface area (Å²) >= 11 is 0. The fourth-order valence-electron chi connectivity index (χ4n) is 1.03. The Morgan fingerprint density at radius 1 is 0.350 bits per heavy atom. The normalized spacial score (nSPS) is 7.20. The molecule has 0 bridgehead atoms. The molecular weight excluding hydrogens is 354 g/mol. The Bertz CT molecular complexity index is 302. The van der Waals surface area contributed by atoms with Crippen molar-refractivity contribution >= 4 is 24.4 Å². The summed E-state index contributed by atoms with van der Waals surface area (Å²) in [5, 5.41) is 0. The first-order valence-electron chi connectivity index (χ1n) is 5.73. The Labute approximate surface area is 139 Å². The zero-order chi connectivity index (χ0) is 12.7. The Balaban J connectivity index is 0. The van der Waals surface area contributed by atoms with Crippen molar-refractivity contribution in [1.82, 2.24) is 0 Å². The Morgan fingerprint density at radius 3 is 0.600 bits per heavy atom. The smallest absolute Gasteiger partial charge is 0 e. The maximum atomic E-state index is 2.89. The second-order valence-corrected chi connectivity index (χ2v) is 3.23. The molecule has 0 saturated carbocycles. The predicted molar refractivity (Wildman–Crippen MR) is 82.3 cm³/mol. The standard InChI is InChI=1S/3C6H5.O.Sb/c3*1-2-4-6-5-3-1;;/h3*1-5H;;/q;;;-2;. The summed E-state index contributed by atoms with van der Waals surface area (Å²) in [4.78, 5) is 0. The van der Waals surface area contributed by atoms with Crippen molar-refractivity contribution in [2.24, 2.45) is 0 Å². The van der Waals surface area contributed by atoms with E-state index in [4.69, 9.17) is 0 Å². The molecule has 3 rings (SSSR count). The molecule has 0 heterocycles. The minimum Gasteiger partial charge on any atom is -2.00 e. The predicted octanol–water partition coefficient (Wildman–Crippen LogP) is 3.96. The fourth-order valence-corrected chi connectivity index (χ4v) is 1.03. The van der Waals surface area contributed by atoms with Crippen LogP contribution in [-0.4, -0.2) is 24.4 Å². The molecule has 20 heavy (non-hydrogen) atoms. The van der Waals surface area contributed by atoms with E-state index in [1.165, 1.54) is 0 Å². The van der Waals surface area contributed by atoms with E-state index >= 15 is 0 Å². The van der Waals surface area contributed by atoms with Gasteiger partial charge in [-0.15, -0.1) is 0 Å². The van der Waals surface area contributed by atoms with Gasteiger partial charge in [-0.3, -0.25) is 0 Å². The van der Waals surface area contributed by atoms with Crippen LogP contribution in [-0.2, 0) is 5.48 Å². The third kappa shape index (κ3) is 14.5. The first-order valence-corrected chi connectivity index (χ1v) is 5.73. The van der Waals surface area contributed by atoms with Gasteiger partial charge in [-0.25, -0.2) is 0 Å². The Kier molecular flexibility index (Phi) is 18.1. The molecule has 2 heteroatoms. The van der Waals surface area contributed by atoms with Gasteiger partial charge in [0.25, 0.3) is 0 Å². The molecule has 0 N–H and O–H groups in total. The van der Waals surface area contributed by atoms with Crippen LogP contribution < -0.4 is 0 Å². The van der Waals surface area contributed by atoms with E-state index in [-0.39, 0.29) is 29.9 Å². The van der Waals surface area contributed by atoms with E-state index in [0.29, 0.717) is 0 Å². The third-order valence-corrected chi connectivity index (χ3v) is 1.82. The van der Waals surface area contributed by atoms with Crippen molar-refractivity contribution in [2.45, 2.75) is 0 Å². The first-order chi connectivity index (χ1) is 9.00. The molecule has 6 radical (unpaired) electrons. The Hall–Kier alpha value is -1.56. The second kappa shape index (κ2) is 17.4. The van der Waals surface area contributed by atoms with Crippen LogP contribution in [0.4, 0.5) is 0 Å². The largest absolute Gasteiger partial charge is 2.00 e. The number of hydrogen-bond donors (Lipinski definition) is 0. The van der Waals surface area contributed by atoms with Crippen molar-refractivity contribution in [3.8, 4) is 0 Å². The average Bonchev–Trinajstić information content (AvgIpc) is 2.54. The molecule has 3 aromatic carbocycles. The van der Waals surface area contributed by atoms with Gasteiger partial charge in [0.1, 0.15) is 0 Å². The molecule has 100 valence electrons. The summed E-state index contributed by atoms with van der Waals surface area (Å²) in [6, 6.07) is 37.5.